The van der Waals surface area contributed by atoms with Crippen LogP contribution in [0.2, 0.25) is 0 Å². The number of aromatic nitrogens is 1. The van der Waals surface area contributed by atoms with Crippen LogP contribution in [-0.2, 0) is 9.53 Å². The van der Waals surface area contributed by atoms with Gasteiger partial charge in [-0.3, -0.25) is 19.5 Å². The standard InChI is InChI=1S/C25H20FN3O5S/c1-3-34-24(31)21-15(2)27-25-28(22(21)17-9-11-18(26)12-10-17)23(30)20(35-25)6-4-5-16-7-13-19(14-8-16)29(32)33/h4-14,22H,3H2,1-2H3/b5-4+,20-6-/t22-/m0/s1. The quantitative estimate of drug-likeness (QED) is 0.297. The Morgan fingerprint density at radius 2 is 1.91 bits per heavy atom. The molecule has 0 saturated heterocycles. The maximum absolute atomic E-state index is 13.6. The van der Waals surface area contributed by atoms with E-state index in [2.05, 4.69) is 4.99 Å². The lowest BCUT2D eigenvalue weighted by molar-refractivity contribution is -0.384. The minimum Gasteiger partial charge on any atom is -0.463 e. The van der Waals surface area contributed by atoms with Crippen molar-refractivity contribution in [2.75, 3.05) is 6.61 Å². The van der Waals surface area contributed by atoms with Crippen LogP contribution in [0.5, 0.6) is 0 Å². The van der Waals surface area contributed by atoms with Crippen molar-refractivity contribution in [2.45, 2.75) is 19.9 Å². The van der Waals surface area contributed by atoms with E-state index < -0.39 is 22.8 Å². The Bertz CT molecular complexity index is 1530. The first-order valence-corrected chi connectivity index (χ1v) is 11.5. The normalized spacial score (nSPS) is 15.7. The largest absolute Gasteiger partial charge is 0.463 e. The van der Waals surface area contributed by atoms with E-state index in [1.807, 2.05) is 0 Å². The first-order valence-electron chi connectivity index (χ1n) is 10.7. The molecule has 0 amide bonds. The number of benzene rings is 2. The summed E-state index contributed by atoms with van der Waals surface area (Å²) in [5.41, 5.74) is 1.56. The van der Waals surface area contributed by atoms with Gasteiger partial charge >= 0.3 is 5.97 Å². The fraction of sp³-hybridized carbons (Fsp3) is 0.160. The molecule has 4 rings (SSSR count). The Balaban J connectivity index is 1.79. The lowest BCUT2D eigenvalue weighted by atomic mass is 9.96. The first kappa shape index (κ1) is 24.0. The van der Waals surface area contributed by atoms with Gasteiger partial charge in [-0.15, -0.1) is 0 Å². The van der Waals surface area contributed by atoms with Crippen molar-refractivity contribution < 1.29 is 18.8 Å². The van der Waals surface area contributed by atoms with Crippen molar-refractivity contribution in [3.8, 4) is 0 Å². The summed E-state index contributed by atoms with van der Waals surface area (Å²) in [7, 11) is 0. The summed E-state index contributed by atoms with van der Waals surface area (Å²) in [5.74, 6) is -1.02. The summed E-state index contributed by atoms with van der Waals surface area (Å²) in [6.07, 6.45) is 5.00. The van der Waals surface area contributed by atoms with Gasteiger partial charge in [-0.25, -0.2) is 14.2 Å². The predicted molar refractivity (Wildman–Crippen MR) is 130 cm³/mol. The van der Waals surface area contributed by atoms with E-state index in [1.54, 1.807) is 44.2 Å². The van der Waals surface area contributed by atoms with Crippen LogP contribution in [0.4, 0.5) is 10.1 Å². The molecule has 1 atom stereocenters. The van der Waals surface area contributed by atoms with Crippen LogP contribution >= 0.6 is 11.3 Å². The second-order valence-electron chi connectivity index (χ2n) is 7.58. The molecule has 1 aliphatic heterocycles. The predicted octanol–water partition coefficient (Wildman–Crippen LogP) is 3.51. The van der Waals surface area contributed by atoms with E-state index in [4.69, 9.17) is 4.74 Å². The molecule has 2 heterocycles. The highest BCUT2D eigenvalue weighted by Crippen LogP contribution is 2.30. The lowest BCUT2D eigenvalue weighted by Crippen LogP contribution is -2.39. The number of nitro benzene ring substituents is 1. The smallest absolute Gasteiger partial charge is 0.338 e. The van der Waals surface area contributed by atoms with Gasteiger partial charge in [0, 0.05) is 12.1 Å². The van der Waals surface area contributed by atoms with Crippen LogP contribution < -0.4 is 14.9 Å². The van der Waals surface area contributed by atoms with Crippen molar-refractivity contribution >= 4 is 35.1 Å². The number of nitro groups is 1. The number of hydrogen-bond donors (Lipinski definition) is 0. The van der Waals surface area contributed by atoms with Gasteiger partial charge in [0.15, 0.2) is 4.80 Å². The molecule has 0 unspecified atom stereocenters. The number of esters is 1. The molecule has 0 bridgehead atoms. The van der Waals surface area contributed by atoms with Crippen molar-refractivity contribution in [3.05, 3.63) is 113 Å². The Hall–Kier alpha value is -4.18. The number of non-ortho nitro benzene ring substituents is 1. The SMILES string of the molecule is CCOC(=O)C1=C(C)N=c2s/c(=C\C=C\c3ccc([N+](=O)[O-])cc3)c(=O)n2[C@H]1c1ccc(F)cc1. The molecule has 1 aliphatic rings. The molecular weight excluding hydrogens is 473 g/mol. The van der Waals surface area contributed by atoms with Crippen molar-refractivity contribution in [3.63, 3.8) is 0 Å². The second-order valence-corrected chi connectivity index (χ2v) is 8.59. The van der Waals surface area contributed by atoms with Gasteiger partial charge < -0.3 is 4.74 Å². The van der Waals surface area contributed by atoms with Crippen LogP contribution in [-0.4, -0.2) is 22.1 Å². The van der Waals surface area contributed by atoms with Gasteiger partial charge in [0.05, 0.1) is 33.4 Å². The Morgan fingerprint density at radius 1 is 1.23 bits per heavy atom. The first-order chi connectivity index (χ1) is 16.8. The van der Waals surface area contributed by atoms with Gasteiger partial charge in [0.25, 0.3) is 11.2 Å². The monoisotopic (exact) mass is 493 g/mol. The molecule has 10 heteroatoms. The van der Waals surface area contributed by atoms with E-state index in [0.717, 1.165) is 16.9 Å². The Kier molecular flexibility index (Phi) is 6.83. The molecule has 0 N–H and O–H groups in total. The highest BCUT2D eigenvalue weighted by molar-refractivity contribution is 7.07. The third-order valence-corrected chi connectivity index (χ3v) is 6.34. The zero-order valence-corrected chi connectivity index (χ0v) is 19.6. The maximum Gasteiger partial charge on any atom is 0.338 e. The zero-order valence-electron chi connectivity index (χ0n) is 18.8. The van der Waals surface area contributed by atoms with Crippen LogP contribution in [0, 0.1) is 15.9 Å². The van der Waals surface area contributed by atoms with Crippen molar-refractivity contribution in [2.24, 2.45) is 4.99 Å². The van der Waals surface area contributed by atoms with Crippen LogP contribution in [0.25, 0.3) is 12.2 Å². The van der Waals surface area contributed by atoms with E-state index in [1.165, 1.54) is 41.0 Å². The molecule has 2 aromatic carbocycles. The summed E-state index contributed by atoms with van der Waals surface area (Å²) < 4.78 is 20.6. The number of fused-ring (bicyclic) bond motifs is 1. The number of carbonyl (C=O) groups is 1. The number of nitrogens with zero attached hydrogens (tertiary/aromatic N) is 3. The average Bonchev–Trinajstić information content (AvgIpc) is 3.14. The Morgan fingerprint density at radius 3 is 2.54 bits per heavy atom. The van der Waals surface area contributed by atoms with Gasteiger partial charge in [0.1, 0.15) is 5.82 Å². The summed E-state index contributed by atoms with van der Waals surface area (Å²) in [4.78, 5) is 41.4. The number of ether oxygens (including phenoxy) is 1. The molecule has 0 saturated carbocycles. The fourth-order valence-electron chi connectivity index (χ4n) is 3.72. The summed E-state index contributed by atoms with van der Waals surface area (Å²) >= 11 is 1.16. The minimum absolute atomic E-state index is 0.0102. The van der Waals surface area contributed by atoms with Gasteiger partial charge in [-0.2, -0.15) is 0 Å². The molecule has 0 radical (unpaired) electrons. The maximum atomic E-state index is 13.6. The average molecular weight is 494 g/mol. The molecule has 0 fully saturated rings. The van der Waals surface area contributed by atoms with Gasteiger partial charge in [0.2, 0.25) is 0 Å². The van der Waals surface area contributed by atoms with E-state index in [0.29, 0.717) is 20.6 Å². The number of carbonyl (C=O) groups excluding carboxylic acids is 1. The second kappa shape index (κ2) is 9.98. The van der Waals surface area contributed by atoms with Crippen LogP contribution in [0.1, 0.15) is 31.0 Å². The van der Waals surface area contributed by atoms with Crippen molar-refractivity contribution in [1.82, 2.24) is 4.57 Å². The van der Waals surface area contributed by atoms with Crippen molar-refractivity contribution in [1.29, 1.82) is 0 Å². The molecule has 35 heavy (non-hydrogen) atoms. The topological polar surface area (TPSA) is 104 Å². The number of rotatable bonds is 6. The summed E-state index contributed by atoms with van der Waals surface area (Å²) in [5, 5.41) is 10.8. The van der Waals surface area contributed by atoms with E-state index >= 15 is 0 Å². The number of allylic oxidation sites excluding steroid dienone is 2. The third kappa shape index (κ3) is 4.87. The van der Waals surface area contributed by atoms with E-state index in [9.17, 15) is 24.1 Å². The van der Waals surface area contributed by atoms with Gasteiger partial charge in [-0.1, -0.05) is 35.6 Å². The summed E-state index contributed by atoms with van der Waals surface area (Å²) in [6.45, 7) is 3.52. The number of halogens is 1. The third-order valence-electron chi connectivity index (χ3n) is 5.34. The highest BCUT2D eigenvalue weighted by Gasteiger charge is 2.33. The molecule has 0 spiro atoms. The minimum atomic E-state index is -0.813. The molecular formula is C25H20FN3O5S. The van der Waals surface area contributed by atoms with Crippen LogP contribution in [0.15, 0.2) is 75.7 Å². The molecule has 1 aromatic heterocycles. The Labute approximate surface area is 202 Å². The summed E-state index contributed by atoms with van der Waals surface area (Å²) in [6, 6.07) is 10.8. The molecule has 3 aromatic rings. The highest BCUT2D eigenvalue weighted by atomic mass is 32.1. The zero-order chi connectivity index (χ0) is 25.1. The fourth-order valence-corrected chi connectivity index (χ4v) is 4.72. The van der Waals surface area contributed by atoms with E-state index in [-0.39, 0.29) is 23.4 Å². The molecule has 0 aliphatic carbocycles. The molecule has 8 nitrogen and oxygen atoms in total. The number of thiazole rings is 1. The van der Waals surface area contributed by atoms with Crippen LogP contribution in [0.3, 0.4) is 0 Å². The van der Waals surface area contributed by atoms with Gasteiger partial charge in [-0.05, 0) is 55.3 Å². The molecule has 178 valence electrons. The number of hydrogen-bond acceptors (Lipinski definition) is 7. The lowest BCUT2D eigenvalue weighted by Gasteiger charge is -2.24.